The van der Waals surface area contributed by atoms with Crippen LogP contribution >= 0.6 is 24.2 Å². The number of amides is 2. The first-order valence-corrected chi connectivity index (χ1v) is 11.0. The van der Waals surface area contributed by atoms with Crippen molar-refractivity contribution >= 4 is 41.7 Å². The zero-order chi connectivity index (χ0) is 22.7. The van der Waals surface area contributed by atoms with Crippen LogP contribution in [0.5, 0.6) is 0 Å². The van der Waals surface area contributed by atoms with E-state index in [9.17, 15) is 14.0 Å². The Morgan fingerprint density at radius 3 is 2.38 bits per heavy atom. The topological polar surface area (TPSA) is 62.3 Å². The lowest BCUT2D eigenvalue weighted by Gasteiger charge is -2.32. The molecule has 1 aliphatic rings. The number of thiol groups is 1. The van der Waals surface area contributed by atoms with Crippen molar-refractivity contribution in [2.75, 3.05) is 18.4 Å². The fourth-order valence-electron chi connectivity index (χ4n) is 3.86. The van der Waals surface area contributed by atoms with E-state index in [1.807, 2.05) is 6.07 Å². The molecule has 0 atom stereocenters. The Hall–Kier alpha value is -2.90. The van der Waals surface area contributed by atoms with Crippen LogP contribution in [0, 0.1) is 5.82 Å². The molecule has 5 nitrogen and oxygen atoms in total. The fourth-order valence-corrected chi connectivity index (χ4v) is 4.23. The molecule has 1 N–H and O–H groups in total. The Balaban J connectivity index is 1.52. The lowest BCUT2D eigenvalue weighted by molar-refractivity contribution is 0.0713. The van der Waals surface area contributed by atoms with Crippen LogP contribution in [-0.2, 0) is 0 Å². The molecular formula is C24H21ClFN3O2S. The zero-order valence-electron chi connectivity index (χ0n) is 17.1. The maximum atomic E-state index is 13.3. The molecule has 1 aromatic heterocycles. The molecule has 2 aromatic carbocycles. The van der Waals surface area contributed by atoms with E-state index in [0.717, 1.165) is 18.4 Å². The molecule has 0 unspecified atom stereocenters. The van der Waals surface area contributed by atoms with E-state index in [-0.39, 0.29) is 44.8 Å². The van der Waals surface area contributed by atoms with E-state index in [2.05, 4.69) is 22.9 Å². The number of piperidine rings is 1. The number of hydrogen-bond acceptors (Lipinski definition) is 4. The van der Waals surface area contributed by atoms with Crippen LogP contribution in [0.2, 0.25) is 5.02 Å². The summed E-state index contributed by atoms with van der Waals surface area (Å²) < 4.78 is 13.2. The maximum absolute atomic E-state index is 13.3. The summed E-state index contributed by atoms with van der Waals surface area (Å²) in [5, 5.41) is 3.09. The SMILES string of the molecule is O=C(Nc1c(C(=O)N2CCC(c3ccc(F)cc3)CC2)cnc(S)c1Cl)c1ccccc1. The minimum Gasteiger partial charge on any atom is -0.338 e. The average Bonchev–Trinajstić information content (AvgIpc) is 2.83. The summed E-state index contributed by atoms with van der Waals surface area (Å²) >= 11 is 10.6. The monoisotopic (exact) mass is 469 g/mol. The second-order valence-corrected chi connectivity index (χ2v) is 8.42. The first kappa shape index (κ1) is 22.3. The van der Waals surface area contributed by atoms with E-state index in [1.54, 1.807) is 41.3 Å². The third-order valence-corrected chi connectivity index (χ3v) is 6.47. The highest BCUT2D eigenvalue weighted by Crippen LogP contribution is 2.34. The van der Waals surface area contributed by atoms with E-state index >= 15 is 0 Å². The summed E-state index contributed by atoms with van der Waals surface area (Å²) in [6, 6.07) is 15.2. The van der Waals surface area contributed by atoms with Crippen LogP contribution in [0.3, 0.4) is 0 Å². The molecule has 32 heavy (non-hydrogen) atoms. The minimum atomic E-state index is -0.379. The van der Waals surface area contributed by atoms with E-state index < -0.39 is 0 Å². The smallest absolute Gasteiger partial charge is 0.257 e. The number of aromatic nitrogens is 1. The van der Waals surface area contributed by atoms with Crippen molar-refractivity contribution in [3.63, 3.8) is 0 Å². The molecule has 164 valence electrons. The van der Waals surface area contributed by atoms with Crippen molar-refractivity contribution in [3.05, 3.63) is 88.3 Å². The normalized spacial score (nSPS) is 14.3. The minimum absolute atomic E-state index is 0.115. The third kappa shape index (κ3) is 4.79. The summed E-state index contributed by atoms with van der Waals surface area (Å²) in [5.74, 6) is -0.633. The van der Waals surface area contributed by atoms with Gasteiger partial charge in [-0.25, -0.2) is 9.37 Å². The molecule has 1 saturated heterocycles. The summed E-state index contributed by atoms with van der Waals surface area (Å²) in [6.07, 6.45) is 2.91. The number of nitrogens with one attached hydrogen (secondary N) is 1. The van der Waals surface area contributed by atoms with E-state index in [1.165, 1.54) is 18.3 Å². The van der Waals surface area contributed by atoms with Crippen LogP contribution in [0.1, 0.15) is 45.0 Å². The summed E-state index contributed by atoms with van der Waals surface area (Å²) in [4.78, 5) is 31.8. The summed E-state index contributed by atoms with van der Waals surface area (Å²) in [5.41, 5.74) is 1.93. The molecule has 0 radical (unpaired) electrons. The lowest BCUT2D eigenvalue weighted by atomic mass is 9.89. The van der Waals surface area contributed by atoms with Gasteiger partial charge in [-0.15, -0.1) is 12.6 Å². The van der Waals surface area contributed by atoms with E-state index in [0.29, 0.717) is 18.7 Å². The molecule has 0 spiro atoms. The van der Waals surface area contributed by atoms with Crippen molar-refractivity contribution in [2.24, 2.45) is 0 Å². The van der Waals surface area contributed by atoms with Gasteiger partial charge >= 0.3 is 0 Å². The number of likely N-dealkylation sites (tertiary alicyclic amines) is 1. The number of rotatable bonds is 4. The van der Waals surface area contributed by atoms with Crippen LogP contribution in [0.4, 0.5) is 10.1 Å². The predicted molar refractivity (Wildman–Crippen MR) is 125 cm³/mol. The van der Waals surface area contributed by atoms with Gasteiger partial charge in [0.05, 0.1) is 16.3 Å². The molecule has 2 amide bonds. The van der Waals surface area contributed by atoms with Gasteiger partial charge in [0.2, 0.25) is 0 Å². The molecule has 0 saturated carbocycles. The summed E-state index contributed by atoms with van der Waals surface area (Å²) in [7, 11) is 0. The molecular weight excluding hydrogens is 449 g/mol. The van der Waals surface area contributed by atoms with Crippen molar-refractivity contribution in [1.82, 2.24) is 9.88 Å². The number of hydrogen-bond donors (Lipinski definition) is 2. The molecule has 1 fully saturated rings. The quantitative estimate of drug-likeness (QED) is 0.500. The predicted octanol–water partition coefficient (Wildman–Crippen LogP) is 5.43. The number of nitrogens with zero attached hydrogens (tertiary/aromatic N) is 2. The Labute approximate surface area is 196 Å². The fraction of sp³-hybridized carbons (Fsp3) is 0.208. The first-order valence-electron chi connectivity index (χ1n) is 10.2. The molecule has 3 aromatic rings. The van der Waals surface area contributed by atoms with Gasteiger partial charge in [0, 0.05) is 24.8 Å². The highest BCUT2D eigenvalue weighted by Gasteiger charge is 2.28. The van der Waals surface area contributed by atoms with Gasteiger partial charge < -0.3 is 10.2 Å². The Morgan fingerprint density at radius 1 is 1.06 bits per heavy atom. The maximum Gasteiger partial charge on any atom is 0.257 e. The van der Waals surface area contributed by atoms with E-state index in [4.69, 9.17) is 11.6 Å². The second kappa shape index (κ2) is 9.71. The molecule has 4 rings (SSSR count). The van der Waals surface area contributed by atoms with Crippen molar-refractivity contribution < 1.29 is 14.0 Å². The van der Waals surface area contributed by atoms with Crippen LogP contribution in [-0.4, -0.2) is 34.8 Å². The largest absolute Gasteiger partial charge is 0.338 e. The molecule has 8 heteroatoms. The molecule has 0 bridgehead atoms. The van der Waals surface area contributed by atoms with Gasteiger partial charge in [0.15, 0.2) is 0 Å². The van der Waals surface area contributed by atoms with Gasteiger partial charge in [-0.1, -0.05) is 41.9 Å². The lowest BCUT2D eigenvalue weighted by Crippen LogP contribution is -2.38. The number of pyridine rings is 1. The Morgan fingerprint density at radius 2 is 1.72 bits per heavy atom. The number of anilines is 1. The third-order valence-electron chi connectivity index (χ3n) is 5.63. The Kier molecular flexibility index (Phi) is 6.77. The van der Waals surface area contributed by atoms with Gasteiger partial charge in [-0.3, -0.25) is 9.59 Å². The second-order valence-electron chi connectivity index (χ2n) is 7.62. The van der Waals surface area contributed by atoms with Crippen LogP contribution in [0.25, 0.3) is 0 Å². The number of halogens is 2. The molecule has 0 aliphatic carbocycles. The molecule has 1 aliphatic heterocycles. The van der Waals surface area contributed by atoms with Gasteiger partial charge in [0.25, 0.3) is 11.8 Å². The number of carbonyl (C=O) groups is 2. The zero-order valence-corrected chi connectivity index (χ0v) is 18.7. The van der Waals surface area contributed by atoms with Crippen LogP contribution < -0.4 is 5.32 Å². The standard InChI is InChI=1S/C24H21ClFN3O2S/c25-20-21(28-22(30)17-4-2-1-3-5-17)19(14-27-23(20)32)24(31)29-12-10-16(11-13-29)15-6-8-18(26)9-7-15/h1-9,14,16H,10-13H2,(H2,27,28,30,32). The number of benzene rings is 2. The van der Waals surface area contributed by atoms with Crippen molar-refractivity contribution in [3.8, 4) is 0 Å². The van der Waals surface area contributed by atoms with Crippen LogP contribution in [0.15, 0.2) is 65.8 Å². The summed E-state index contributed by atoms with van der Waals surface area (Å²) in [6.45, 7) is 1.07. The van der Waals surface area contributed by atoms with Gasteiger partial charge in [0.1, 0.15) is 10.8 Å². The molecule has 2 heterocycles. The van der Waals surface area contributed by atoms with Gasteiger partial charge in [-0.05, 0) is 48.6 Å². The van der Waals surface area contributed by atoms with Gasteiger partial charge in [-0.2, -0.15) is 0 Å². The van der Waals surface area contributed by atoms with Crippen molar-refractivity contribution in [1.29, 1.82) is 0 Å². The average molecular weight is 470 g/mol. The highest BCUT2D eigenvalue weighted by molar-refractivity contribution is 7.80. The first-order chi connectivity index (χ1) is 15.4. The highest BCUT2D eigenvalue weighted by atomic mass is 35.5. The Bertz CT molecular complexity index is 1130. The van der Waals surface area contributed by atoms with Crippen molar-refractivity contribution in [2.45, 2.75) is 23.8 Å². The number of carbonyl (C=O) groups excluding carboxylic acids is 2.